The zero-order valence-corrected chi connectivity index (χ0v) is 11.9. The molecule has 2 N–H and O–H groups in total. The number of nitrogens with one attached hydrogen (secondary N) is 1. The lowest BCUT2D eigenvalue weighted by molar-refractivity contribution is -0.138. The second-order valence-electron chi connectivity index (χ2n) is 4.38. The van der Waals surface area contributed by atoms with Crippen molar-refractivity contribution in [3.8, 4) is 5.75 Å². The number of benzene rings is 1. The second kappa shape index (κ2) is 6.47. The summed E-state index contributed by atoms with van der Waals surface area (Å²) < 4.78 is 4.07. The largest absolute Gasteiger partial charge is 0.497 e. The van der Waals surface area contributed by atoms with Crippen LogP contribution in [0.3, 0.4) is 0 Å². The number of anilines is 1. The van der Waals surface area contributed by atoms with E-state index in [1.807, 2.05) is 0 Å². The number of carbonyl (C=O) groups is 2. The van der Waals surface area contributed by atoms with E-state index in [0.29, 0.717) is 11.4 Å². The van der Waals surface area contributed by atoms with Gasteiger partial charge in [0.25, 0.3) is 0 Å². The predicted octanol–water partition coefficient (Wildman–Crippen LogP) is 2.23. The minimum absolute atomic E-state index is 0.0799. The van der Waals surface area contributed by atoms with E-state index < -0.39 is 10.7 Å². The van der Waals surface area contributed by atoms with E-state index in [2.05, 4.69) is 5.32 Å². The molecule has 104 valence electrons. The standard InChI is InChI=1S/C13H17NO4S/c1-13(2,12(16)17)19-8-11(15)14-9-5-4-6-10(7-9)18-3/h4-7H,8H2,1-3H3,(H,14,15)(H,16,17). The first kappa shape index (κ1) is 15.4. The van der Waals surface area contributed by atoms with Gasteiger partial charge in [0.15, 0.2) is 0 Å². The molecule has 1 amide bonds. The van der Waals surface area contributed by atoms with Crippen LogP contribution in [0.15, 0.2) is 24.3 Å². The Bertz CT molecular complexity index is 473. The normalized spacial score (nSPS) is 10.9. The van der Waals surface area contributed by atoms with E-state index in [0.717, 1.165) is 11.8 Å². The van der Waals surface area contributed by atoms with Crippen LogP contribution in [0.4, 0.5) is 5.69 Å². The third kappa shape index (κ3) is 4.82. The van der Waals surface area contributed by atoms with Gasteiger partial charge in [0, 0.05) is 11.8 Å². The number of rotatable bonds is 6. The molecule has 0 saturated heterocycles. The maximum absolute atomic E-state index is 11.7. The zero-order valence-electron chi connectivity index (χ0n) is 11.1. The number of ether oxygens (including phenoxy) is 1. The van der Waals surface area contributed by atoms with E-state index in [1.165, 1.54) is 0 Å². The Kier molecular flexibility index (Phi) is 5.23. The topological polar surface area (TPSA) is 75.6 Å². The summed E-state index contributed by atoms with van der Waals surface area (Å²) in [4.78, 5) is 22.6. The summed E-state index contributed by atoms with van der Waals surface area (Å²) in [7, 11) is 1.55. The SMILES string of the molecule is COc1cccc(NC(=O)CSC(C)(C)C(=O)O)c1. The summed E-state index contributed by atoms with van der Waals surface area (Å²) >= 11 is 1.08. The van der Waals surface area contributed by atoms with Gasteiger partial charge in [-0.25, -0.2) is 0 Å². The summed E-state index contributed by atoms with van der Waals surface area (Å²) in [5.74, 6) is -0.452. The fourth-order valence-corrected chi connectivity index (χ4v) is 1.89. The molecule has 0 aromatic heterocycles. The molecule has 1 aromatic carbocycles. The molecule has 0 bridgehead atoms. The Hall–Kier alpha value is -1.69. The van der Waals surface area contributed by atoms with Gasteiger partial charge in [-0.2, -0.15) is 0 Å². The molecular formula is C13H17NO4S. The molecule has 0 aliphatic heterocycles. The second-order valence-corrected chi connectivity index (χ2v) is 5.98. The van der Waals surface area contributed by atoms with Crippen LogP contribution in [0.5, 0.6) is 5.75 Å². The third-order valence-corrected chi connectivity index (χ3v) is 3.74. The summed E-state index contributed by atoms with van der Waals surface area (Å²) in [5.41, 5.74) is 0.623. The lowest BCUT2D eigenvalue weighted by Crippen LogP contribution is -2.29. The van der Waals surface area contributed by atoms with Gasteiger partial charge >= 0.3 is 5.97 Å². The summed E-state index contributed by atoms with van der Waals surface area (Å²) in [6.45, 7) is 3.14. The Labute approximate surface area is 116 Å². The Morgan fingerprint density at radius 2 is 2.11 bits per heavy atom. The molecule has 0 spiro atoms. The molecule has 0 fully saturated rings. The van der Waals surface area contributed by atoms with Crippen LogP contribution in [0.2, 0.25) is 0 Å². The molecule has 0 aliphatic carbocycles. The van der Waals surface area contributed by atoms with Crippen LogP contribution >= 0.6 is 11.8 Å². The van der Waals surface area contributed by atoms with Gasteiger partial charge in [-0.1, -0.05) is 6.07 Å². The van der Waals surface area contributed by atoms with Crippen molar-refractivity contribution in [1.29, 1.82) is 0 Å². The van der Waals surface area contributed by atoms with Crippen LogP contribution in [0.1, 0.15) is 13.8 Å². The Morgan fingerprint density at radius 1 is 1.42 bits per heavy atom. The molecule has 1 aromatic rings. The van der Waals surface area contributed by atoms with E-state index >= 15 is 0 Å². The van der Waals surface area contributed by atoms with Crippen LogP contribution in [-0.4, -0.2) is 34.6 Å². The Balaban J connectivity index is 2.54. The lowest BCUT2D eigenvalue weighted by atomic mass is 10.2. The first-order chi connectivity index (χ1) is 8.85. The van der Waals surface area contributed by atoms with Gasteiger partial charge in [0.2, 0.25) is 5.91 Å². The maximum atomic E-state index is 11.7. The van der Waals surface area contributed by atoms with E-state index in [1.54, 1.807) is 45.2 Å². The van der Waals surface area contributed by atoms with Gasteiger partial charge in [0.05, 0.1) is 12.9 Å². The highest BCUT2D eigenvalue weighted by Gasteiger charge is 2.28. The number of thioether (sulfide) groups is 1. The molecule has 19 heavy (non-hydrogen) atoms. The van der Waals surface area contributed by atoms with Crippen LogP contribution in [0, 0.1) is 0 Å². The van der Waals surface area contributed by atoms with E-state index in [4.69, 9.17) is 9.84 Å². The molecule has 0 atom stereocenters. The van der Waals surface area contributed by atoms with Gasteiger partial charge in [0.1, 0.15) is 10.5 Å². The molecule has 5 nitrogen and oxygen atoms in total. The van der Waals surface area contributed by atoms with Crippen molar-refractivity contribution in [2.75, 3.05) is 18.2 Å². The van der Waals surface area contributed by atoms with E-state index in [9.17, 15) is 9.59 Å². The van der Waals surface area contributed by atoms with Crippen molar-refractivity contribution in [1.82, 2.24) is 0 Å². The van der Waals surface area contributed by atoms with Crippen LogP contribution < -0.4 is 10.1 Å². The van der Waals surface area contributed by atoms with Gasteiger partial charge < -0.3 is 15.2 Å². The number of methoxy groups -OCH3 is 1. The molecular weight excluding hydrogens is 266 g/mol. The van der Waals surface area contributed by atoms with Gasteiger partial charge in [-0.3, -0.25) is 9.59 Å². The lowest BCUT2D eigenvalue weighted by Gasteiger charge is -2.17. The average Bonchev–Trinajstić information content (AvgIpc) is 2.36. The van der Waals surface area contributed by atoms with Crippen molar-refractivity contribution < 1.29 is 19.4 Å². The zero-order chi connectivity index (χ0) is 14.5. The highest BCUT2D eigenvalue weighted by atomic mass is 32.2. The molecule has 0 aliphatic rings. The summed E-state index contributed by atoms with van der Waals surface area (Å²) in [6.07, 6.45) is 0. The minimum Gasteiger partial charge on any atom is -0.497 e. The third-order valence-electron chi connectivity index (χ3n) is 2.43. The first-order valence-corrected chi connectivity index (χ1v) is 6.65. The summed E-state index contributed by atoms with van der Waals surface area (Å²) in [6, 6.07) is 6.99. The number of carboxylic acid groups (broad SMARTS) is 1. The summed E-state index contributed by atoms with van der Waals surface area (Å²) in [5, 5.41) is 11.6. The van der Waals surface area contributed by atoms with Crippen LogP contribution in [0.25, 0.3) is 0 Å². The van der Waals surface area contributed by atoms with E-state index in [-0.39, 0.29) is 11.7 Å². The van der Waals surface area contributed by atoms with Crippen LogP contribution in [-0.2, 0) is 9.59 Å². The predicted molar refractivity (Wildman–Crippen MR) is 75.8 cm³/mol. The fourth-order valence-electron chi connectivity index (χ4n) is 1.21. The molecule has 1 rings (SSSR count). The fraction of sp³-hybridized carbons (Fsp3) is 0.385. The highest BCUT2D eigenvalue weighted by Crippen LogP contribution is 2.24. The monoisotopic (exact) mass is 283 g/mol. The molecule has 6 heteroatoms. The van der Waals surface area contributed by atoms with Crippen molar-refractivity contribution in [2.24, 2.45) is 0 Å². The number of hydrogen-bond acceptors (Lipinski definition) is 4. The number of aliphatic carboxylic acids is 1. The van der Waals surface area contributed by atoms with Crippen molar-refractivity contribution >= 4 is 29.3 Å². The number of amides is 1. The van der Waals surface area contributed by atoms with Crippen molar-refractivity contribution in [3.05, 3.63) is 24.3 Å². The quantitative estimate of drug-likeness (QED) is 0.837. The number of hydrogen-bond donors (Lipinski definition) is 2. The maximum Gasteiger partial charge on any atom is 0.319 e. The first-order valence-electron chi connectivity index (χ1n) is 5.66. The number of carboxylic acids is 1. The minimum atomic E-state index is -0.980. The van der Waals surface area contributed by atoms with Crippen molar-refractivity contribution in [3.63, 3.8) is 0 Å². The highest BCUT2D eigenvalue weighted by molar-refractivity contribution is 8.02. The smallest absolute Gasteiger partial charge is 0.319 e. The van der Waals surface area contributed by atoms with Gasteiger partial charge in [-0.05, 0) is 26.0 Å². The molecule has 0 heterocycles. The molecule has 0 radical (unpaired) electrons. The molecule has 0 saturated carbocycles. The van der Waals surface area contributed by atoms with Gasteiger partial charge in [-0.15, -0.1) is 11.8 Å². The molecule has 0 unspecified atom stereocenters. The average molecular weight is 283 g/mol. The Morgan fingerprint density at radius 3 is 2.68 bits per heavy atom. The van der Waals surface area contributed by atoms with Crippen molar-refractivity contribution in [2.45, 2.75) is 18.6 Å². The number of carbonyl (C=O) groups excluding carboxylic acids is 1.